The van der Waals surface area contributed by atoms with E-state index in [0.29, 0.717) is 12.0 Å². The maximum absolute atomic E-state index is 10.3. The SMILES string of the molecule is OCC1(c2ccc(Cl)cc2)CCN(c2ccc[n+]3[nH]c(Nc4cnn(C5CCNCC5)c4)nc23)CC1. The lowest BCUT2D eigenvalue weighted by molar-refractivity contribution is -0.576. The molecule has 3 aromatic heterocycles. The molecule has 5 heterocycles. The first-order chi connectivity index (χ1) is 17.6. The quantitative estimate of drug-likeness (QED) is 0.299. The van der Waals surface area contributed by atoms with Crippen LogP contribution >= 0.6 is 11.6 Å². The third kappa shape index (κ3) is 4.42. The normalized spacial score (nSPS) is 18.6. The van der Waals surface area contributed by atoms with Crippen molar-refractivity contribution in [1.29, 1.82) is 0 Å². The van der Waals surface area contributed by atoms with Crippen LogP contribution in [-0.2, 0) is 5.41 Å². The highest BCUT2D eigenvalue weighted by Gasteiger charge is 2.37. The van der Waals surface area contributed by atoms with Gasteiger partial charge in [0.05, 0.1) is 24.5 Å². The van der Waals surface area contributed by atoms with Crippen molar-refractivity contribution in [1.82, 2.24) is 25.2 Å². The molecule has 2 fully saturated rings. The van der Waals surface area contributed by atoms with Gasteiger partial charge in [0.15, 0.2) is 0 Å². The molecule has 4 N–H and O–H groups in total. The number of pyridine rings is 1. The first kappa shape index (κ1) is 23.3. The molecule has 0 amide bonds. The molecule has 4 aromatic rings. The van der Waals surface area contributed by atoms with E-state index in [0.717, 1.165) is 79.5 Å². The van der Waals surface area contributed by atoms with Crippen molar-refractivity contribution in [3.8, 4) is 0 Å². The Kier molecular flexibility index (Phi) is 6.29. The van der Waals surface area contributed by atoms with E-state index in [1.165, 1.54) is 0 Å². The van der Waals surface area contributed by atoms with Crippen LogP contribution in [0.25, 0.3) is 5.65 Å². The number of H-pyrrole nitrogens is 1. The van der Waals surface area contributed by atoms with Crippen molar-refractivity contribution in [2.45, 2.75) is 37.1 Å². The van der Waals surface area contributed by atoms with E-state index in [4.69, 9.17) is 16.6 Å². The summed E-state index contributed by atoms with van der Waals surface area (Å²) in [5.41, 5.74) is 3.78. The minimum atomic E-state index is -0.241. The third-order valence-corrected chi connectivity index (χ3v) is 8.01. The number of aromatic amines is 1. The highest BCUT2D eigenvalue weighted by Crippen LogP contribution is 2.37. The molecule has 2 saturated heterocycles. The molecular weight excluding hydrogens is 476 g/mol. The zero-order valence-electron chi connectivity index (χ0n) is 20.2. The maximum Gasteiger partial charge on any atom is 0.374 e. The van der Waals surface area contributed by atoms with Crippen LogP contribution in [0.15, 0.2) is 55.0 Å². The summed E-state index contributed by atoms with van der Waals surface area (Å²) in [5, 5.41) is 25.7. The van der Waals surface area contributed by atoms with Gasteiger partial charge in [-0.15, -0.1) is 4.52 Å². The van der Waals surface area contributed by atoms with Crippen molar-refractivity contribution >= 4 is 34.6 Å². The van der Waals surface area contributed by atoms with Crippen LogP contribution in [0.1, 0.15) is 37.3 Å². The van der Waals surface area contributed by atoms with Gasteiger partial charge in [-0.25, -0.2) is 0 Å². The third-order valence-electron chi connectivity index (χ3n) is 7.76. The van der Waals surface area contributed by atoms with Crippen molar-refractivity contribution in [2.75, 3.05) is 43.0 Å². The fourth-order valence-corrected chi connectivity index (χ4v) is 5.69. The van der Waals surface area contributed by atoms with E-state index in [1.807, 2.05) is 47.2 Å². The van der Waals surface area contributed by atoms with E-state index in [-0.39, 0.29) is 12.0 Å². The number of aromatic nitrogens is 5. The first-order valence-electron chi connectivity index (χ1n) is 12.7. The average Bonchev–Trinajstić information content (AvgIpc) is 3.56. The largest absolute Gasteiger partial charge is 0.395 e. The number of hydrogen-bond donors (Lipinski definition) is 4. The first-order valence-corrected chi connectivity index (χ1v) is 13.1. The summed E-state index contributed by atoms with van der Waals surface area (Å²) >= 11 is 6.09. The number of anilines is 3. The Morgan fingerprint density at radius 1 is 1.14 bits per heavy atom. The van der Waals surface area contributed by atoms with Crippen molar-refractivity contribution in [3.63, 3.8) is 0 Å². The fourth-order valence-electron chi connectivity index (χ4n) is 5.57. The van der Waals surface area contributed by atoms with Crippen LogP contribution in [0.3, 0.4) is 0 Å². The molecule has 6 rings (SSSR count). The molecular formula is C26H32ClN8O+. The van der Waals surface area contributed by atoms with E-state index < -0.39 is 0 Å². The molecule has 2 aliphatic heterocycles. The summed E-state index contributed by atoms with van der Waals surface area (Å²) in [6.45, 7) is 3.86. The van der Waals surface area contributed by atoms with E-state index in [2.05, 4.69) is 42.7 Å². The molecule has 0 aliphatic carbocycles. The van der Waals surface area contributed by atoms with Gasteiger partial charge in [-0.1, -0.05) is 23.7 Å². The maximum atomic E-state index is 10.3. The summed E-state index contributed by atoms with van der Waals surface area (Å²) in [6, 6.07) is 12.5. The van der Waals surface area contributed by atoms with Gasteiger partial charge in [-0.2, -0.15) is 10.2 Å². The predicted octanol–water partition coefficient (Wildman–Crippen LogP) is 3.20. The van der Waals surface area contributed by atoms with Gasteiger partial charge >= 0.3 is 11.6 Å². The van der Waals surface area contributed by atoms with Crippen molar-refractivity contribution in [2.24, 2.45) is 0 Å². The lowest BCUT2D eigenvalue weighted by Crippen LogP contribution is -2.45. The molecule has 0 unspecified atom stereocenters. The van der Waals surface area contributed by atoms with Crippen molar-refractivity contribution in [3.05, 3.63) is 65.6 Å². The Labute approximate surface area is 215 Å². The number of aliphatic hydroxyl groups excluding tert-OH is 1. The van der Waals surface area contributed by atoms with Crippen LogP contribution < -0.4 is 20.0 Å². The smallest absolute Gasteiger partial charge is 0.374 e. The van der Waals surface area contributed by atoms with Gasteiger partial charge in [0, 0.05) is 34.7 Å². The standard InChI is InChI=1S/C26H31ClN8O/c27-20-5-3-19(4-6-20)26(18-36)9-14-33(15-10-26)23-2-1-13-34-24(23)31-25(32-34)30-21-16-29-35(17-21)22-7-11-28-12-8-22/h1-6,13,16-17,22,28,36H,7-12,14-15,18H2,(H,30,32)/p+1. The minimum Gasteiger partial charge on any atom is -0.395 e. The number of aliphatic hydroxyl groups is 1. The molecule has 0 atom stereocenters. The number of benzene rings is 1. The zero-order chi connectivity index (χ0) is 24.5. The van der Waals surface area contributed by atoms with E-state index in [1.54, 1.807) is 0 Å². The monoisotopic (exact) mass is 507 g/mol. The lowest BCUT2D eigenvalue weighted by Gasteiger charge is -2.41. The molecule has 10 heteroatoms. The molecule has 9 nitrogen and oxygen atoms in total. The summed E-state index contributed by atoms with van der Waals surface area (Å²) in [6.07, 6.45) is 9.80. The number of hydrogen-bond acceptors (Lipinski definition) is 6. The van der Waals surface area contributed by atoms with Crippen LogP contribution in [0.2, 0.25) is 5.02 Å². The lowest BCUT2D eigenvalue weighted by atomic mass is 9.73. The van der Waals surface area contributed by atoms with Crippen LogP contribution in [0.5, 0.6) is 0 Å². The number of nitrogens with zero attached hydrogens (tertiary/aromatic N) is 5. The molecule has 0 bridgehead atoms. The van der Waals surface area contributed by atoms with Gasteiger partial charge in [-0.3, -0.25) is 10.00 Å². The molecule has 2 aliphatic rings. The van der Waals surface area contributed by atoms with Gasteiger partial charge in [0.1, 0.15) is 11.9 Å². The van der Waals surface area contributed by atoms with E-state index in [9.17, 15) is 5.11 Å². The predicted molar refractivity (Wildman–Crippen MR) is 140 cm³/mol. The minimum absolute atomic E-state index is 0.128. The summed E-state index contributed by atoms with van der Waals surface area (Å²) in [5.74, 6) is 0.676. The molecule has 188 valence electrons. The van der Waals surface area contributed by atoms with Crippen LogP contribution in [-0.4, -0.2) is 57.8 Å². The Morgan fingerprint density at radius 3 is 2.67 bits per heavy atom. The second-order valence-corrected chi connectivity index (χ2v) is 10.3. The number of rotatable bonds is 6. The summed E-state index contributed by atoms with van der Waals surface area (Å²) < 4.78 is 4.01. The second kappa shape index (κ2) is 9.72. The Balaban J connectivity index is 1.19. The molecule has 0 saturated carbocycles. The molecule has 0 spiro atoms. The Morgan fingerprint density at radius 2 is 1.92 bits per heavy atom. The van der Waals surface area contributed by atoms with Gasteiger partial charge < -0.3 is 15.3 Å². The number of nitrogens with one attached hydrogen (secondary N) is 3. The topological polar surface area (TPSA) is 98.1 Å². The number of piperidine rings is 2. The Bertz CT molecular complexity index is 1320. The van der Waals surface area contributed by atoms with Gasteiger partial charge in [0.25, 0.3) is 0 Å². The average molecular weight is 508 g/mol. The molecule has 1 aromatic carbocycles. The second-order valence-electron chi connectivity index (χ2n) is 9.91. The van der Waals surface area contributed by atoms with E-state index >= 15 is 0 Å². The summed E-state index contributed by atoms with van der Waals surface area (Å²) in [7, 11) is 0. The number of fused-ring (bicyclic) bond motifs is 1. The van der Waals surface area contributed by atoms with Crippen molar-refractivity contribution < 1.29 is 9.62 Å². The fraction of sp³-hybridized carbons (Fsp3) is 0.423. The highest BCUT2D eigenvalue weighted by molar-refractivity contribution is 6.30. The molecule has 36 heavy (non-hydrogen) atoms. The molecule has 0 radical (unpaired) electrons. The highest BCUT2D eigenvalue weighted by atomic mass is 35.5. The zero-order valence-corrected chi connectivity index (χ0v) is 21.0. The van der Waals surface area contributed by atoms with Crippen LogP contribution in [0, 0.1) is 0 Å². The van der Waals surface area contributed by atoms with Gasteiger partial charge in [0.2, 0.25) is 0 Å². The Hall–Kier alpha value is -3.14. The number of halogens is 1. The van der Waals surface area contributed by atoms with Crippen LogP contribution in [0.4, 0.5) is 17.3 Å². The summed E-state index contributed by atoms with van der Waals surface area (Å²) in [4.78, 5) is 7.23. The van der Waals surface area contributed by atoms with Gasteiger partial charge in [-0.05, 0) is 68.6 Å².